The Labute approximate surface area is 171 Å². The summed E-state index contributed by atoms with van der Waals surface area (Å²) in [6, 6.07) is 17.9. The Bertz CT molecular complexity index is 912. The Balaban J connectivity index is 1.85. The van der Waals surface area contributed by atoms with Gasteiger partial charge in [-0.05, 0) is 57.7 Å². The lowest BCUT2D eigenvalue weighted by molar-refractivity contribution is 0.405. The molecule has 2 N–H and O–H groups in total. The number of aryl methyl sites for hydroxylation is 1. The Morgan fingerprint density at radius 1 is 1.00 bits per heavy atom. The van der Waals surface area contributed by atoms with Crippen LogP contribution in [0.4, 0.5) is 17.5 Å². The first kappa shape index (κ1) is 20.1. The predicted molar refractivity (Wildman–Crippen MR) is 119 cm³/mol. The molecule has 3 aromatic rings. The molecule has 5 nitrogen and oxygen atoms in total. The van der Waals surface area contributed by atoms with E-state index in [1.54, 1.807) is 0 Å². The van der Waals surface area contributed by atoms with E-state index in [4.69, 9.17) is 16.6 Å². The summed E-state index contributed by atoms with van der Waals surface area (Å²) in [7, 11) is 4.14. The van der Waals surface area contributed by atoms with Crippen molar-refractivity contribution < 1.29 is 0 Å². The van der Waals surface area contributed by atoms with Crippen molar-refractivity contribution in [2.45, 2.75) is 13.3 Å². The van der Waals surface area contributed by atoms with Gasteiger partial charge in [0.05, 0.1) is 5.69 Å². The second-order valence-corrected chi connectivity index (χ2v) is 7.41. The van der Waals surface area contributed by atoms with Crippen molar-refractivity contribution in [2.75, 3.05) is 37.8 Å². The third-order valence-electron chi connectivity index (χ3n) is 4.29. The lowest BCUT2D eigenvalue weighted by atomic mass is 10.1. The normalized spacial score (nSPS) is 10.9. The minimum absolute atomic E-state index is 0.619. The molecule has 6 heteroatoms. The highest BCUT2D eigenvalue weighted by molar-refractivity contribution is 6.31. The molecule has 3 rings (SSSR count). The summed E-state index contributed by atoms with van der Waals surface area (Å²) in [4.78, 5) is 11.5. The average molecular weight is 396 g/mol. The molecule has 1 heterocycles. The van der Waals surface area contributed by atoms with Gasteiger partial charge in [-0.25, -0.2) is 4.98 Å². The van der Waals surface area contributed by atoms with Gasteiger partial charge in [0.25, 0.3) is 0 Å². The van der Waals surface area contributed by atoms with Crippen LogP contribution in [0.25, 0.3) is 11.3 Å². The van der Waals surface area contributed by atoms with Crippen molar-refractivity contribution >= 4 is 29.1 Å². The van der Waals surface area contributed by atoms with Crippen LogP contribution in [0.15, 0.2) is 54.6 Å². The van der Waals surface area contributed by atoms with Crippen LogP contribution in [0.3, 0.4) is 0 Å². The molecule has 0 aliphatic carbocycles. The monoisotopic (exact) mass is 395 g/mol. The molecule has 0 aliphatic heterocycles. The van der Waals surface area contributed by atoms with Crippen LogP contribution in [0.2, 0.25) is 5.02 Å². The van der Waals surface area contributed by atoms with E-state index in [-0.39, 0.29) is 0 Å². The van der Waals surface area contributed by atoms with E-state index in [2.05, 4.69) is 34.6 Å². The number of nitrogens with zero attached hydrogens (tertiary/aromatic N) is 3. The van der Waals surface area contributed by atoms with Gasteiger partial charge in [-0.2, -0.15) is 4.98 Å². The van der Waals surface area contributed by atoms with Gasteiger partial charge >= 0.3 is 0 Å². The van der Waals surface area contributed by atoms with Crippen molar-refractivity contribution in [2.24, 2.45) is 0 Å². The lowest BCUT2D eigenvalue weighted by Crippen LogP contribution is -2.17. The van der Waals surface area contributed by atoms with E-state index in [9.17, 15) is 0 Å². The van der Waals surface area contributed by atoms with Crippen LogP contribution >= 0.6 is 11.6 Å². The van der Waals surface area contributed by atoms with Crippen LogP contribution < -0.4 is 10.6 Å². The highest BCUT2D eigenvalue weighted by Gasteiger charge is 2.08. The molecular weight excluding hydrogens is 370 g/mol. The number of hydrogen-bond donors (Lipinski definition) is 2. The van der Waals surface area contributed by atoms with Gasteiger partial charge in [-0.15, -0.1) is 0 Å². The first-order chi connectivity index (χ1) is 13.5. The van der Waals surface area contributed by atoms with Gasteiger partial charge in [0.1, 0.15) is 5.82 Å². The molecule has 2 aromatic carbocycles. The Morgan fingerprint density at radius 2 is 1.79 bits per heavy atom. The number of halogens is 1. The highest BCUT2D eigenvalue weighted by Crippen LogP contribution is 2.25. The van der Waals surface area contributed by atoms with Crippen LogP contribution in [0.5, 0.6) is 0 Å². The second kappa shape index (κ2) is 9.53. The van der Waals surface area contributed by atoms with Crippen LogP contribution in [-0.4, -0.2) is 42.1 Å². The lowest BCUT2D eigenvalue weighted by Gasteiger charge is -2.13. The molecule has 0 amide bonds. The van der Waals surface area contributed by atoms with Crippen LogP contribution in [-0.2, 0) is 0 Å². The summed E-state index contributed by atoms with van der Waals surface area (Å²) >= 11 is 6.14. The van der Waals surface area contributed by atoms with E-state index in [1.165, 1.54) is 0 Å². The zero-order valence-electron chi connectivity index (χ0n) is 16.5. The number of hydrogen-bond acceptors (Lipinski definition) is 5. The zero-order chi connectivity index (χ0) is 19.9. The molecule has 0 atom stereocenters. The Kier molecular flexibility index (Phi) is 6.85. The minimum atomic E-state index is 0.619. The molecule has 0 aliphatic rings. The first-order valence-electron chi connectivity index (χ1n) is 9.37. The topological polar surface area (TPSA) is 53.1 Å². The maximum Gasteiger partial charge on any atom is 0.225 e. The van der Waals surface area contributed by atoms with Gasteiger partial charge in [-0.1, -0.05) is 41.9 Å². The molecule has 28 heavy (non-hydrogen) atoms. The van der Waals surface area contributed by atoms with E-state index in [1.807, 2.05) is 61.5 Å². The van der Waals surface area contributed by atoms with E-state index >= 15 is 0 Å². The van der Waals surface area contributed by atoms with E-state index in [0.717, 1.165) is 52.9 Å². The Morgan fingerprint density at radius 3 is 2.50 bits per heavy atom. The predicted octanol–water partition coefficient (Wildman–Crippen LogP) is 5.21. The van der Waals surface area contributed by atoms with Crippen LogP contribution in [0, 0.1) is 6.92 Å². The third kappa shape index (κ3) is 5.68. The first-order valence-corrected chi connectivity index (χ1v) is 9.75. The van der Waals surface area contributed by atoms with Crippen molar-refractivity contribution in [1.29, 1.82) is 0 Å². The molecule has 0 saturated carbocycles. The van der Waals surface area contributed by atoms with Gasteiger partial charge in [0.2, 0.25) is 5.95 Å². The number of rotatable bonds is 8. The van der Waals surface area contributed by atoms with Crippen molar-refractivity contribution in [3.63, 3.8) is 0 Å². The SMILES string of the molecule is Cc1cc(Nc2cc(-c3ccccc3)nc(NCCCN(C)C)n2)ccc1Cl. The molecular formula is C22H26ClN5. The van der Waals surface area contributed by atoms with Gasteiger partial charge in [0, 0.05) is 28.9 Å². The van der Waals surface area contributed by atoms with Gasteiger partial charge < -0.3 is 15.5 Å². The number of benzene rings is 2. The summed E-state index contributed by atoms with van der Waals surface area (Å²) in [6.07, 6.45) is 1.02. The van der Waals surface area contributed by atoms with Gasteiger partial charge in [0.15, 0.2) is 0 Å². The Hall–Kier alpha value is -2.63. The third-order valence-corrected chi connectivity index (χ3v) is 4.72. The molecule has 0 saturated heterocycles. The standard InChI is InChI=1S/C22H26ClN5/c1-16-14-18(10-11-19(16)23)25-21-15-20(17-8-5-4-6-9-17)26-22(27-21)24-12-7-13-28(2)3/h4-6,8-11,14-15H,7,12-13H2,1-3H3,(H2,24,25,26,27). The largest absolute Gasteiger partial charge is 0.354 e. The number of nitrogens with one attached hydrogen (secondary N) is 2. The molecule has 1 aromatic heterocycles. The summed E-state index contributed by atoms with van der Waals surface area (Å²) in [5, 5.41) is 7.47. The summed E-state index contributed by atoms with van der Waals surface area (Å²) in [6.45, 7) is 3.82. The smallest absolute Gasteiger partial charge is 0.225 e. The fraction of sp³-hybridized carbons (Fsp3) is 0.273. The maximum absolute atomic E-state index is 6.14. The molecule has 0 radical (unpaired) electrons. The van der Waals surface area contributed by atoms with Crippen molar-refractivity contribution in [3.8, 4) is 11.3 Å². The van der Waals surface area contributed by atoms with E-state index < -0.39 is 0 Å². The average Bonchev–Trinajstić information content (AvgIpc) is 2.68. The maximum atomic E-state index is 6.14. The molecule has 0 spiro atoms. The number of anilines is 3. The molecule has 0 bridgehead atoms. The minimum Gasteiger partial charge on any atom is -0.354 e. The second-order valence-electron chi connectivity index (χ2n) is 7.00. The molecule has 0 fully saturated rings. The van der Waals surface area contributed by atoms with E-state index in [0.29, 0.717) is 5.95 Å². The zero-order valence-corrected chi connectivity index (χ0v) is 17.3. The quantitative estimate of drug-likeness (QED) is 0.512. The van der Waals surface area contributed by atoms with Gasteiger partial charge in [-0.3, -0.25) is 0 Å². The highest BCUT2D eigenvalue weighted by atomic mass is 35.5. The van der Waals surface area contributed by atoms with Crippen LogP contribution in [0.1, 0.15) is 12.0 Å². The van der Waals surface area contributed by atoms with Crippen molar-refractivity contribution in [3.05, 3.63) is 65.2 Å². The summed E-state index contributed by atoms with van der Waals surface area (Å²) in [5.41, 5.74) is 3.89. The fourth-order valence-corrected chi connectivity index (χ4v) is 2.93. The number of aromatic nitrogens is 2. The van der Waals surface area contributed by atoms with Crippen molar-refractivity contribution in [1.82, 2.24) is 14.9 Å². The molecule has 146 valence electrons. The summed E-state index contributed by atoms with van der Waals surface area (Å²) < 4.78 is 0. The fourth-order valence-electron chi connectivity index (χ4n) is 2.81. The molecule has 0 unspecified atom stereocenters. The summed E-state index contributed by atoms with van der Waals surface area (Å²) in [5.74, 6) is 1.36.